The van der Waals surface area contributed by atoms with Gasteiger partial charge in [0, 0.05) is 16.1 Å². The molecule has 2 atom stereocenters. The van der Waals surface area contributed by atoms with Crippen molar-refractivity contribution in [3.05, 3.63) is 82.0 Å². The highest BCUT2D eigenvalue weighted by molar-refractivity contribution is 5.82. The van der Waals surface area contributed by atoms with E-state index in [-0.39, 0.29) is 0 Å². The van der Waals surface area contributed by atoms with E-state index in [2.05, 4.69) is 9.72 Å². The molecule has 2 aromatic carbocycles. The van der Waals surface area contributed by atoms with Gasteiger partial charge in [-0.15, -0.1) is 0 Å². The number of esters is 1. The highest BCUT2D eigenvalue weighted by atomic mass is 16.6. The number of hydrogen-bond donors (Lipinski definition) is 1. The highest BCUT2D eigenvalue weighted by Crippen LogP contribution is 2.32. The summed E-state index contributed by atoms with van der Waals surface area (Å²) in [4.78, 5) is 26.3. The molecule has 6 nitrogen and oxygen atoms in total. The summed E-state index contributed by atoms with van der Waals surface area (Å²) in [6.45, 7) is 0. The Bertz CT molecular complexity index is 840. The number of H-pyrrole nitrogens is 1. The zero-order valence-corrected chi connectivity index (χ0v) is 13.0. The van der Waals surface area contributed by atoms with Crippen LogP contribution >= 0.6 is 0 Å². The molecule has 3 rings (SSSR count). The number of nitro groups is 1. The molecular formula is C18H16N2O4. The number of methoxy groups -OCH3 is 1. The molecule has 6 heteroatoms. The third kappa shape index (κ3) is 2.86. The van der Waals surface area contributed by atoms with Crippen LogP contribution in [0.1, 0.15) is 17.2 Å². The van der Waals surface area contributed by atoms with Crippen molar-refractivity contribution in [3.8, 4) is 0 Å². The number of ether oxygens (including phenoxy) is 1. The lowest BCUT2D eigenvalue weighted by atomic mass is 9.88. The van der Waals surface area contributed by atoms with Crippen LogP contribution in [0.5, 0.6) is 0 Å². The van der Waals surface area contributed by atoms with E-state index in [0.29, 0.717) is 11.3 Å². The first-order valence-corrected chi connectivity index (χ1v) is 7.45. The second-order valence-electron chi connectivity index (χ2n) is 5.45. The van der Waals surface area contributed by atoms with E-state index >= 15 is 0 Å². The SMILES string of the molecule is COC(=O)[C@H]([C@@H](c1ccccc1)c1cc2ccccc2[nH]1)[N+](=O)[O-]. The summed E-state index contributed by atoms with van der Waals surface area (Å²) in [7, 11) is 1.16. The van der Waals surface area contributed by atoms with E-state index < -0.39 is 22.9 Å². The van der Waals surface area contributed by atoms with E-state index in [0.717, 1.165) is 18.0 Å². The minimum Gasteiger partial charge on any atom is -0.464 e. The molecule has 1 N–H and O–H groups in total. The Hall–Kier alpha value is -3.15. The van der Waals surface area contributed by atoms with Crippen LogP contribution in [0.15, 0.2) is 60.7 Å². The molecule has 0 aliphatic carbocycles. The predicted octanol–water partition coefficient (Wildman–Crippen LogP) is 3.12. The molecule has 0 amide bonds. The number of fused-ring (bicyclic) bond motifs is 1. The van der Waals surface area contributed by atoms with Gasteiger partial charge in [-0.2, -0.15) is 0 Å². The number of aromatic nitrogens is 1. The number of nitrogens with zero attached hydrogens (tertiary/aromatic N) is 1. The fourth-order valence-electron chi connectivity index (χ4n) is 2.92. The topological polar surface area (TPSA) is 85.2 Å². The number of rotatable bonds is 5. The highest BCUT2D eigenvalue weighted by Gasteiger charge is 2.42. The van der Waals surface area contributed by atoms with E-state index in [1.54, 1.807) is 24.3 Å². The average molecular weight is 324 g/mol. The van der Waals surface area contributed by atoms with Crippen molar-refractivity contribution < 1.29 is 14.5 Å². The molecule has 0 saturated carbocycles. The smallest absolute Gasteiger partial charge is 0.382 e. The summed E-state index contributed by atoms with van der Waals surface area (Å²) >= 11 is 0. The Balaban J connectivity index is 2.17. The molecular weight excluding hydrogens is 308 g/mol. The first-order valence-electron chi connectivity index (χ1n) is 7.45. The summed E-state index contributed by atoms with van der Waals surface area (Å²) in [6, 6.07) is 16.8. The fourth-order valence-corrected chi connectivity index (χ4v) is 2.92. The van der Waals surface area contributed by atoms with Gasteiger partial charge in [0.1, 0.15) is 5.92 Å². The van der Waals surface area contributed by atoms with E-state index in [1.807, 2.05) is 36.4 Å². The van der Waals surface area contributed by atoms with E-state index in [4.69, 9.17) is 0 Å². The van der Waals surface area contributed by atoms with Gasteiger partial charge in [-0.3, -0.25) is 10.1 Å². The van der Waals surface area contributed by atoms with Crippen molar-refractivity contribution in [2.75, 3.05) is 7.11 Å². The van der Waals surface area contributed by atoms with Gasteiger partial charge in [0.05, 0.1) is 7.11 Å². The van der Waals surface area contributed by atoms with Crippen molar-refractivity contribution >= 4 is 16.9 Å². The van der Waals surface area contributed by atoms with E-state index in [1.165, 1.54) is 0 Å². The van der Waals surface area contributed by atoms with Crippen molar-refractivity contribution in [2.24, 2.45) is 0 Å². The summed E-state index contributed by atoms with van der Waals surface area (Å²) in [5.41, 5.74) is 2.14. The lowest BCUT2D eigenvalue weighted by Gasteiger charge is -2.18. The number of benzene rings is 2. The molecule has 0 bridgehead atoms. The van der Waals surface area contributed by atoms with E-state index in [9.17, 15) is 14.9 Å². The van der Waals surface area contributed by atoms with Crippen LogP contribution < -0.4 is 0 Å². The lowest BCUT2D eigenvalue weighted by Crippen LogP contribution is -2.37. The molecule has 1 heterocycles. The van der Waals surface area contributed by atoms with Crippen molar-refractivity contribution in [2.45, 2.75) is 12.0 Å². The third-order valence-electron chi connectivity index (χ3n) is 4.03. The summed E-state index contributed by atoms with van der Waals surface area (Å²) in [6.07, 6.45) is 0. The number of carbonyl (C=O) groups is 1. The Morgan fingerprint density at radius 3 is 2.42 bits per heavy atom. The number of nitrogens with one attached hydrogen (secondary N) is 1. The molecule has 122 valence electrons. The van der Waals surface area contributed by atoms with Crippen molar-refractivity contribution in [3.63, 3.8) is 0 Å². The molecule has 0 fully saturated rings. The van der Waals surface area contributed by atoms with Crippen LogP contribution in [0, 0.1) is 10.1 Å². The molecule has 0 aliphatic rings. The standard InChI is InChI=1S/C18H16N2O4/c1-24-18(21)17(20(22)23)16(12-7-3-2-4-8-12)15-11-13-9-5-6-10-14(13)19-15/h2-11,16-17,19H,1H3/t16-,17-/m0/s1. The second-order valence-corrected chi connectivity index (χ2v) is 5.45. The molecule has 24 heavy (non-hydrogen) atoms. The fraction of sp³-hybridized carbons (Fsp3) is 0.167. The summed E-state index contributed by atoms with van der Waals surface area (Å²) in [5.74, 6) is -1.63. The summed E-state index contributed by atoms with van der Waals surface area (Å²) in [5, 5.41) is 12.5. The molecule has 0 aliphatic heterocycles. The number of carbonyl (C=O) groups excluding carboxylic acids is 1. The molecule has 0 unspecified atom stereocenters. The first-order chi connectivity index (χ1) is 11.6. The number of aromatic amines is 1. The molecule has 0 radical (unpaired) electrons. The zero-order chi connectivity index (χ0) is 17.1. The quantitative estimate of drug-likeness (QED) is 0.444. The van der Waals surface area contributed by atoms with Gasteiger partial charge >= 0.3 is 12.0 Å². The Morgan fingerprint density at radius 1 is 1.12 bits per heavy atom. The van der Waals surface area contributed by atoms with Crippen LogP contribution in [0.3, 0.4) is 0 Å². The monoisotopic (exact) mass is 324 g/mol. The Morgan fingerprint density at radius 2 is 1.79 bits per heavy atom. The van der Waals surface area contributed by atoms with Crippen LogP contribution in [0.4, 0.5) is 0 Å². The molecule has 3 aromatic rings. The minimum atomic E-state index is -1.52. The Kier molecular flexibility index (Phi) is 4.29. The zero-order valence-electron chi connectivity index (χ0n) is 13.0. The van der Waals surface area contributed by atoms with Gasteiger partial charge in [0.25, 0.3) is 0 Å². The maximum Gasteiger partial charge on any atom is 0.382 e. The van der Waals surface area contributed by atoms with Gasteiger partial charge in [-0.05, 0) is 23.1 Å². The number of para-hydroxylation sites is 1. The lowest BCUT2D eigenvalue weighted by molar-refractivity contribution is -0.512. The minimum absolute atomic E-state index is 0.588. The molecule has 0 spiro atoms. The molecule has 0 saturated heterocycles. The maximum atomic E-state index is 12.1. The van der Waals surface area contributed by atoms with Gasteiger partial charge in [0.2, 0.25) is 0 Å². The second kappa shape index (κ2) is 6.54. The maximum absolute atomic E-state index is 12.1. The van der Waals surface area contributed by atoms with Crippen LogP contribution in [0.25, 0.3) is 10.9 Å². The summed E-state index contributed by atoms with van der Waals surface area (Å²) < 4.78 is 4.68. The predicted molar refractivity (Wildman–Crippen MR) is 89.4 cm³/mol. The van der Waals surface area contributed by atoms with Gasteiger partial charge in [-0.1, -0.05) is 48.5 Å². The van der Waals surface area contributed by atoms with Crippen LogP contribution in [-0.2, 0) is 9.53 Å². The van der Waals surface area contributed by atoms with Crippen molar-refractivity contribution in [1.82, 2.24) is 4.98 Å². The van der Waals surface area contributed by atoms with Gasteiger partial charge < -0.3 is 9.72 Å². The first kappa shape index (κ1) is 15.7. The van der Waals surface area contributed by atoms with Crippen LogP contribution in [-0.4, -0.2) is 29.0 Å². The van der Waals surface area contributed by atoms with Crippen molar-refractivity contribution in [1.29, 1.82) is 0 Å². The van der Waals surface area contributed by atoms with Gasteiger partial charge in [0.15, 0.2) is 0 Å². The van der Waals surface area contributed by atoms with Gasteiger partial charge in [-0.25, -0.2) is 4.79 Å². The Labute approximate surface area is 138 Å². The number of hydrogen-bond acceptors (Lipinski definition) is 4. The molecule has 1 aromatic heterocycles. The largest absolute Gasteiger partial charge is 0.464 e. The van der Waals surface area contributed by atoms with Crippen LogP contribution in [0.2, 0.25) is 0 Å². The third-order valence-corrected chi connectivity index (χ3v) is 4.03. The average Bonchev–Trinajstić information content (AvgIpc) is 3.02. The normalized spacial score (nSPS) is 13.4.